The van der Waals surface area contributed by atoms with Crippen LogP contribution in [-0.4, -0.2) is 45.4 Å². The molecule has 2 heterocycles. The largest absolute Gasteiger partial charge is 0.497 e. The van der Waals surface area contributed by atoms with Crippen molar-refractivity contribution in [2.75, 3.05) is 34.4 Å². The van der Waals surface area contributed by atoms with Gasteiger partial charge in [0, 0.05) is 31.1 Å². The Balaban J connectivity index is 1.75. The summed E-state index contributed by atoms with van der Waals surface area (Å²) in [6.45, 7) is 4.31. The first-order valence-corrected chi connectivity index (χ1v) is 11.5. The first-order chi connectivity index (χ1) is 15.1. The second kappa shape index (κ2) is 9.49. The van der Waals surface area contributed by atoms with Gasteiger partial charge in [0.15, 0.2) is 11.5 Å². The molecule has 0 aromatic heterocycles. The van der Waals surface area contributed by atoms with Gasteiger partial charge < -0.3 is 19.9 Å². The zero-order chi connectivity index (χ0) is 22.0. The van der Waals surface area contributed by atoms with Gasteiger partial charge in [0.1, 0.15) is 5.75 Å². The maximum Gasteiger partial charge on any atom is 0.161 e. The molecule has 2 aromatic rings. The highest BCUT2D eigenvalue weighted by Gasteiger charge is 2.41. The van der Waals surface area contributed by atoms with Crippen molar-refractivity contribution >= 4 is 0 Å². The van der Waals surface area contributed by atoms with E-state index in [2.05, 4.69) is 48.2 Å². The lowest BCUT2D eigenvalue weighted by atomic mass is 9.75. The van der Waals surface area contributed by atoms with Crippen molar-refractivity contribution in [1.29, 1.82) is 0 Å². The van der Waals surface area contributed by atoms with Gasteiger partial charge in [0.2, 0.25) is 0 Å². The molecule has 2 aliphatic heterocycles. The summed E-state index contributed by atoms with van der Waals surface area (Å²) < 4.78 is 16.7. The Morgan fingerprint density at radius 1 is 0.935 bits per heavy atom. The van der Waals surface area contributed by atoms with Gasteiger partial charge in [-0.3, -0.25) is 4.90 Å². The molecule has 4 atom stereocenters. The fraction of sp³-hybridized carbons (Fsp3) is 0.538. The Kier molecular flexibility index (Phi) is 6.73. The summed E-state index contributed by atoms with van der Waals surface area (Å²) in [6.07, 6.45) is 4.68. The molecule has 2 aromatic carbocycles. The molecule has 0 spiro atoms. The van der Waals surface area contributed by atoms with Gasteiger partial charge in [-0.05, 0) is 59.7 Å². The number of hydrogen-bond donors (Lipinski definition) is 1. The zero-order valence-electron chi connectivity index (χ0n) is 19.3. The molecule has 0 bridgehead atoms. The van der Waals surface area contributed by atoms with E-state index in [-0.39, 0.29) is 12.0 Å². The minimum Gasteiger partial charge on any atom is -0.497 e. The van der Waals surface area contributed by atoms with E-state index in [1.165, 1.54) is 36.0 Å². The number of fused-ring (bicyclic) bond motifs is 3. The molecule has 168 valence electrons. The predicted molar refractivity (Wildman–Crippen MR) is 124 cm³/mol. The van der Waals surface area contributed by atoms with Crippen molar-refractivity contribution < 1.29 is 14.2 Å². The van der Waals surface area contributed by atoms with Crippen LogP contribution in [0.15, 0.2) is 36.4 Å². The van der Waals surface area contributed by atoms with E-state index in [1.807, 2.05) is 0 Å². The lowest BCUT2D eigenvalue weighted by Gasteiger charge is -2.48. The van der Waals surface area contributed by atoms with Gasteiger partial charge in [0.05, 0.1) is 21.3 Å². The number of nitrogens with two attached hydrogens (primary N) is 1. The molecule has 2 aliphatic rings. The molecular weight excluding hydrogens is 388 g/mol. The molecule has 0 unspecified atom stereocenters. The Hall–Kier alpha value is -2.24. The molecule has 0 saturated carbocycles. The molecule has 0 aliphatic carbocycles. The molecule has 31 heavy (non-hydrogen) atoms. The zero-order valence-corrected chi connectivity index (χ0v) is 19.3. The highest BCUT2D eigenvalue weighted by atomic mass is 16.5. The van der Waals surface area contributed by atoms with Crippen LogP contribution in [0.4, 0.5) is 0 Å². The van der Waals surface area contributed by atoms with Gasteiger partial charge in [0.25, 0.3) is 0 Å². The number of nitrogens with zero attached hydrogens (tertiary/aromatic N) is 1. The summed E-state index contributed by atoms with van der Waals surface area (Å²) in [6, 6.07) is 13.4. The molecule has 5 heteroatoms. The number of piperidine rings is 1. The van der Waals surface area contributed by atoms with E-state index >= 15 is 0 Å². The quantitative estimate of drug-likeness (QED) is 0.696. The summed E-state index contributed by atoms with van der Waals surface area (Å²) in [5, 5.41) is 0. The third-order valence-corrected chi connectivity index (χ3v) is 7.20. The number of rotatable bonds is 7. The molecule has 0 amide bonds. The van der Waals surface area contributed by atoms with Crippen LogP contribution in [0.1, 0.15) is 61.3 Å². The number of benzene rings is 2. The minimum absolute atomic E-state index is 0.242. The maximum atomic E-state index is 6.69. The molecule has 4 rings (SSSR count). The summed E-state index contributed by atoms with van der Waals surface area (Å²) >= 11 is 0. The predicted octanol–water partition coefficient (Wildman–Crippen LogP) is 4.74. The van der Waals surface area contributed by atoms with Crippen molar-refractivity contribution in [1.82, 2.24) is 4.90 Å². The SMILES string of the molecule is CCCC[C@@H]1CN2C[C@H](c3ccc(OC)cc3)c3cc(OC)c(OC)cc3[C@H]2C[C@H]1N. The highest BCUT2D eigenvalue weighted by Crippen LogP contribution is 2.48. The third-order valence-electron chi connectivity index (χ3n) is 7.20. The van der Waals surface area contributed by atoms with E-state index in [9.17, 15) is 0 Å². The van der Waals surface area contributed by atoms with Crippen LogP contribution in [-0.2, 0) is 0 Å². The Bertz CT molecular complexity index is 883. The van der Waals surface area contributed by atoms with Gasteiger partial charge in [-0.25, -0.2) is 0 Å². The lowest BCUT2D eigenvalue weighted by Crippen LogP contribution is -2.51. The van der Waals surface area contributed by atoms with Crippen LogP contribution < -0.4 is 19.9 Å². The lowest BCUT2D eigenvalue weighted by molar-refractivity contribution is 0.0728. The summed E-state index contributed by atoms with van der Waals surface area (Å²) in [5.41, 5.74) is 10.6. The average molecular weight is 425 g/mol. The summed E-state index contributed by atoms with van der Waals surface area (Å²) in [4.78, 5) is 2.66. The van der Waals surface area contributed by atoms with Crippen molar-refractivity contribution in [3.63, 3.8) is 0 Å². The summed E-state index contributed by atoms with van der Waals surface area (Å²) in [5.74, 6) is 3.30. The number of methoxy groups -OCH3 is 3. The standard InChI is InChI=1S/C26H36N2O3/c1-5-6-7-18-15-28-16-22(17-8-10-19(29-2)11-9-17)20-12-25(30-3)26(31-4)13-21(20)24(28)14-23(18)27/h8-13,18,22-24H,5-7,14-16,27H2,1-4H3/t18-,22-,23-,24-/m1/s1. The first kappa shape index (κ1) is 22.0. The van der Waals surface area contributed by atoms with Gasteiger partial charge >= 0.3 is 0 Å². The molecule has 0 radical (unpaired) electrons. The monoisotopic (exact) mass is 424 g/mol. The van der Waals surface area contributed by atoms with E-state index in [4.69, 9.17) is 19.9 Å². The van der Waals surface area contributed by atoms with Crippen molar-refractivity contribution in [3.8, 4) is 17.2 Å². The smallest absolute Gasteiger partial charge is 0.161 e. The van der Waals surface area contributed by atoms with Crippen LogP contribution in [0.5, 0.6) is 17.2 Å². The van der Waals surface area contributed by atoms with Gasteiger partial charge in [-0.1, -0.05) is 31.9 Å². The van der Waals surface area contributed by atoms with Gasteiger partial charge in [-0.15, -0.1) is 0 Å². The topological polar surface area (TPSA) is 57.0 Å². The van der Waals surface area contributed by atoms with Crippen LogP contribution in [0.2, 0.25) is 0 Å². The van der Waals surface area contributed by atoms with Crippen LogP contribution in [0.3, 0.4) is 0 Å². The fourth-order valence-electron chi connectivity index (χ4n) is 5.42. The van der Waals surface area contributed by atoms with Gasteiger partial charge in [-0.2, -0.15) is 0 Å². The van der Waals surface area contributed by atoms with Crippen molar-refractivity contribution in [2.24, 2.45) is 11.7 Å². The Labute approximate surface area is 186 Å². The van der Waals surface area contributed by atoms with Crippen LogP contribution in [0, 0.1) is 5.92 Å². The number of ether oxygens (including phenoxy) is 3. The molecule has 2 N–H and O–H groups in total. The first-order valence-electron chi connectivity index (χ1n) is 11.5. The molecule has 1 saturated heterocycles. The maximum absolute atomic E-state index is 6.69. The molecule has 5 nitrogen and oxygen atoms in total. The molecular formula is C26H36N2O3. The average Bonchev–Trinajstić information content (AvgIpc) is 2.81. The second-order valence-corrected chi connectivity index (χ2v) is 8.93. The summed E-state index contributed by atoms with van der Waals surface area (Å²) in [7, 11) is 5.12. The van der Waals surface area contributed by atoms with E-state index in [0.717, 1.165) is 36.8 Å². The van der Waals surface area contributed by atoms with Crippen molar-refractivity contribution in [3.05, 3.63) is 53.1 Å². The number of unbranched alkanes of at least 4 members (excludes halogenated alkanes) is 1. The Morgan fingerprint density at radius 2 is 1.61 bits per heavy atom. The minimum atomic E-state index is 0.242. The molecule has 1 fully saturated rings. The second-order valence-electron chi connectivity index (χ2n) is 8.93. The van der Waals surface area contributed by atoms with Crippen LogP contribution in [0.25, 0.3) is 0 Å². The van der Waals surface area contributed by atoms with E-state index in [0.29, 0.717) is 12.0 Å². The van der Waals surface area contributed by atoms with E-state index in [1.54, 1.807) is 21.3 Å². The fourth-order valence-corrected chi connectivity index (χ4v) is 5.42. The third kappa shape index (κ3) is 4.26. The van der Waals surface area contributed by atoms with Crippen molar-refractivity contribution in [2.45, 2.75) is 50.6 Å². The normalized spacial score (nSPS) is 25.5. The number of hydrogen-bond acceptors (Lipinski definition) is 5. The Morgan fingerprint density at radius 3 is 2.23 bits per heavy atom. The van der Waals surface area contributed by atoms with Crippen LogP contribution >= 0.6 is 0 Å². The highest BCUT2D eigenvalue weighted by molar-refractivity contribution is 5.53. The van der Waals surface area contributed by atoms with E-state index < -0.39 is 0 Å².